The van der Waals surface area contributed by atoms with Gasteiger partial charge in [-0.05, 0) is 61.9 Å². The Morgan fingerprint density at radius 3 is 2.63 bits per heavy atom. The minimum atomic E-state index is 0. The summed E-state index contributed by atoms with van der Waals surface area (Å²) in [6, 6.07) is 6.57. The molecule has 1 aliphatic carbocycles. The van der Waals surface area contributed by atoms with Crippen LogP contribution in [0.25, 0.3) is 0 Å². The quantitative estimate of drug-likeness (QED) is 0.857. The Balaban J connectivity index is 0.000000902. The molecule has 108 valence electrons. The Kier molecular flexibility index (Phi) is 5.97. The number of piperidine rings is 1. The zero-order valence-corrected chi connectivity index (χ0v) is 13.0. The predicted octanol–water partition coefficient (Wildman–Crippen LogP) is 3.54. The highest BCUT2D eigenvalue weighted by Crippen LogP contribution is 2.35. The fourth-order valence-electron chi connectivity index (χ4n) is 3.36. The Hall–Kier alpha value is -0.440. The molecule has 1 N–H and O–H groups in total. The van der Waals surface area contributed by atoms with E-state index >= 15 is 0 Å². The maximum Gasteiger partial charge on any atom is 0.119 e. The smallest absolute Gasteiger partial charge is 0.119 e. The molecular formula is C15H23Cl2NO. The zero-order chi connectivity index (χ0) is 11.7. The normalized spacial score (nSPS) is 24.9. The molecule has 2 aliphatic rings. The van der Waals surface area contributed by atoms with Crippen molar-refractivity contribution in [2.45, 2.75) is 44.1 Å². The van der Waals surface area contributed by atoms with Crippen LogP contribution in [-0.2, 0) is 12.8 Å². The Morgan fingerprint density at radius 1 is 1.11 bits per heavy atom. The lowest BCUT2D eigenvalue weighted by atomic mass is 9.74. The Morgan fingerprint density at radius 2 is 1.95 bits per heavy atom. The van der Waals surface area contributed by atoms with Gasteiger partial charge in [0, 0.05) is 5.54 Å². The molecule has 1 fully saturated rings. The van der Waals surface area contributed by atoms with E-state index in [1.165, 1.54) is 56.2 Å². The second kappa shape index (κ2) is 6.83. The van der Waals surface area contributed by atoms with Crippen LogP contribution in [0, 0.1) is 0 Å². The van der Waals surface area contributed by atoms with Gasteiger partial charge < -0.3 is 10.1 Å². The fourth-order valence-corrected chi connectivity index (χ4v) is 3.36. The molecule has 1 aromatic rings. The first-order chi connectivity index (χ1) is 8.31. The minimum absolute atomic E-state index is 0. The van der Waals surface area contributed by atoms with E-state index in [0.29, 0.717) is 5.54 Å². The number of hydrogen-bond acceptors (Lipinski definition) is 2. The summed E-state index contributed by atoms with van der Waals surface area (Å²) >= 11 is 0. The number of ether oxygens (including phenoxy) is 1. The molecule has 2 nitrogen and oxygen atoms in total. The van der Waals surface area contributed by atoms with Crippen LogP contribution in [0.5, 0.6) is 5.75 Å². The van der Waals surface area contributed by atoms with Gasteiger partial charge in [0.2, 0.25) is 0 Å². The van der Waals surface area contributed by atoms with Crippen LogP contribution in [0.2, 0.25) is 0 Å². The van der Waals surface area contributed by atoms with Crippen LogP contribution in [0.15, 0.2) is 18.2 Å². The molecule has 3 rings (SSSR count). The van der Waals surface area contributed by atoms with Gasteiger partial charge in [0.15, 0.2) is 0 Å². The molecule has 1 saturated heterocycles. The first-order valence-electron chi connectivity index (χ1n) is 6.72. The maximum absolute atomic E-state index is 5.30. The summed E-state index contributed by atoms with van der Waals surface area (Å²) in [5, 5.41) is 3.77. The van der Waals surface area contributed by atoms with Gasteiger partial charge in [0.1, 0.15) is 5.75 Å². The Bertz CT molecular complexity index is 417. The molecule has 0 amide bonds. The number of halogens is 2. The van der Waals surface area contributed by atoms with Crippen LogP contribution in [-0.4, -0.2) is 19.2 Å². The van der Waals surface area contributed by atoms with Crippen molar-refractivity contribution in [3.63, 3.8) is 0 Å². The van der Waals surface area contributed by atoms with Gasteiger partial charge in [-0.25, -0.2) is 0 Å². The molecular weight excluding hydrogens is 281 g/mol. The van der Waals surface area contributed by atoms with Crippen molar-refractivity contribution in [1.29, 1.82) is 0 Å². The lowest BCUT2D eigenvalue weighted by molar-refractivity contribution is 0.225. The molecule has 1 aliphatic heterocycles. The zero-order valence-electron chi connectivity index (χ0n) is 11.4. The van der Waals surface area contributed by atoms with Crippen molar-refractivity contribution in [1.82, 2.24) is 5.32 Å². The summed E-state index contributed by atoms with van der Waals surface area (Å²) in [5.41, 5.74) is 3.41. The van der Waals surface area contributed by atoms with E-state index in [1.54, 1.807) is 7.11 Å². The number of fused-ring (bicyclic) bond motifs is 1. The topological polar surface area (TPSA) is 21.3 Å². The highest BCUT2D eigenvalue weighted by molar-refractivity contribution is 5.85. The van der Waals surface area contributed by atoms with Crippen LogP contribution < -0.4 is 10.1 Å². The minimum Gasteiger partial charge on any atom is -0.497 e. The largest absolute Gasteiger partial charge is 0.497 e. The summed E-state index contributed by atoms with van der Waals surface area (Å²) in [5.74, 6) is 0.997. The average molecular weight is 304 g/mol. The fraction of sp³-hybridized carbons (Fsp3) is 0.600. The second-order valence-electron chi connectivity index (χ2n) is 5.48. The van der Waals surface area contributed by atoms with E-state index in [9.17, 15) is 0 Å². The van der Waals surface area contributed by atoms with Gasteiger partial charge in [-0.15, -0.1) is 24.8 Å². The number of methoxy groups -OCH3 is 1. The molecule has 4 heteroatoms. The summed E-state index contributed by atoms with van der Waals surface area (Å²) < 4.78 is 5.30. The number of aryl methyl sites for hydroxylation is 1. The summed E-state index contributed by atoms with van der Waals surface area (Å²) in [4.78, 5) is 0. The molecule has 19 heavy (non-hydrogen) atoms. The SMILES string of the molecule is COc1ccc2c(c1)CCC1(CCCCN1)C2.Cl.Cl. The molecule has 1 atom stereocenters. The molecule has 0 saturated carbocycles. The third kappa shape index (κ3) is 3.36. The standard InChI is InChI=1S/C15H21NO.2ClH/c1-17-14-5-4-13-11-15(7-2-3-9-16-15)8-6-12(13)10-14;;/h4-5,10,16H,2-3,6-9,11H2,1H3;2*1H. The van der Waals surface area contributed by atoms with Gasteiger partial charge in [0.05, 0.1) is 7.11 Å². The van der Waals surface area contributed by atoms with E-state index < -0.39 is 0 Å². The predicted molar refractivity (Wildman–Crippen MR) is 84.1 cm³/mol. The molecule has 1 unspecified atom stereocenters. The molecule has 0 aromatic heterocycles. The first kappa shape index (κ1) is 16.6. The van der Waals surface area contributed by atoms with E-state index in [0.717, 1.165) is 5.75 Å². The second-order valence-corrected chi connectivity index (χ2v) is 5.48. The van der Waals surface area contributed by atoms with Crippen molar-refractivity contribution < 1.29 is 4.74 Å². The summed E-state index contributed by atoms with van der Waals surface area (Å²) in [7, 11) is 1.74. The van der Waals surface area contributed by atoms with Crippen molar-refractivity contribution in [2.24, 2.45) is 0 Å². The van der Waals surface area contributed by atoms with Gasteiger partial charge in [0.25, 0.3) is 0 Å². The van der Waals surface area contributed by atoms with E-state index in [4.69, 9.17) is 4.74 Å². The number of nitrogens with one attached hydrogen (secondary N) is 1. The summed E-state index contributed by atoms with van der Waals surface area (Å²) in [6.45, 7) is 1.20. The van der Waals surface area contributed by atoms with Crippen LogP contribution in [0.1, 0.15) is 36.8 Å². The Labute approximate surface area is 128 Å². The third-order valence-electron chi connectivity index (χ3n) is 4.40. The third-order valence-corrected chi connectivity index (χ3v) is 4.40. The molecule has 1 spiro atoms. The van der Waals surface area contributed by atoms with Crippen LogP contribution >= 0.6 is 24.8 Å². The van der Waals surface area contributed by atoms with Gasteiger partial charge >= 0.3 is 0 Å². The van der Waals surface area contributed by atoms with Gasteiger partial charge in [-0.2, -0.15) is 0 Å². The monoisotopic (exact) mass is 303 g/mol. The van der Waals surface area contributed by atoms with Crippen LogP contribution in [0.4, 0.5) is 0 Å². The van der Waals surface area contributed by atoms with Crippen molar-refractivity contribution >= 4 is 24.8 Å². The average Bonchev–Trinajstić information content (AvgIpc) is 2.39. The van der Waals surface area contributed by atoms with E-state index in [2.05, 4.69) is 23.5 Å². The van der Waals surface area contributed by atoms with E-state index in [1.807, 2.05) is 0 Å². The van der Waals surface area contributed by atoms with Gasteiger partial charge in [-0.3, -0.25) is 0 Å². The highest BCUT2D eigenvalue weighted by atomic mass is 35.5. The van der Waals surface area contributed by atoms with Crippen molar-refractivity contribution in [2.75, 3.05) is 13.7 Å². The van der Waals surface area contributed by atoms with Gasteiger partial charge in [-0.1, -0.05) is 12.5 Å². The number of benzene rings is 1. The summed E-state index contributed by atoms with van der Waals surface area (Å²) in [6.07, 6.45) is 7.76. The van der Waals surface area contributed by atoms with E-state index in [-0.39, 0.29) is 24.8 Å². The molecule has 1 aromatic carbocycles. The number of rotatable bonds is 1. The lowest BCUT2D eigenvalue weighted by Gasteiger charge is -2.42. The first-order valence-corrected chi connectivity index (χ1v) is 6.72. The molecule has 1 heterocycles. The lowest BCUT2D eigenvalue weighted by Crippen LogP contribution is -2.52. The molecule has 0 radical (unpaired) electrons. The van der Waals surface area contributed by atoms with Crippen molar-refractivity contribution in [3.8, 4) is 5.75 Å². The highest BCUT2D eigenvalue weighted by Gasteiger charge is 2.35. The molecule has 0 bridgehead atoms. The number of hydrogen-bond donors (Lipinski definition) is 1. The maximum atomic E-state index is 5.30. The van der Waals surface area contributed by atoms with Crippen LogP contribution in [0.3, 0.4) is 0 Å². The van der Waals surface area contributed by atoms with Crippen molar-refractivity contribution in [3.05, 3.63) is 29.3 Å².